The Hall–Kier alpha value is -2.37. The molecule has 4 amide bonds. The van der Waals surface area contributed by atoms with Gasteiger partial charge in [-0.25, -0.2) is 4.79 Å². The van der Waals surface area contributed by atoms with Crippen LogP contribution in [0.4, 0.5) is 10.5 Å². The molecule has 1 aliphatic heterocycles. The lowest BCUT2D eigenvalue weighted by Gasteiger charge is -2.23. The van der Waals surface area contributed by atoms with Gasteiger partial charge in [0, 0.05) is 5.69 Å². The molecule has 1 saturated heterocycles. The number of urea groups is 1. The van der Waals surface area contributed by atoms with Crippen molar-refractivity contribution in [1.82, 2.24) is 10.2 Å². The highest BCUT2D eigenvalue weighted by molar-refractivity contribution is 6.09. The highest BCUT2D eigenvalue weighted by Gasteiger charge is 2.48. The quantitative estimate of drug-likeness (QED) is 0.818. The molecule has 124 valence electrons. The van der Waals surface area contributed by atoms with Gasteiger partial charge in [-0.1, -0.05) is 31.5 Å². The van der Waals surface area contributed by atoms with Crippen molar-refractivity contribution in [3.05, 3.63) is 29.8 Å². The molecule has 1 aromatic rings. The molecule has 6 heteroatoms. The summed E-state index contributed by atoms with van der Waals surface area (Å²) in [6, 6.07) is 6.80. The third-order valence-corrected chi connectivity index (χ3v) is 3.80. The first-order valence-corrected chi connectivity index (χ1v) is 7.72. The summed E-state index contributed by atoms with van der Waals surface area (Å²) in [4.78, 5) is 37.6. The number of nitrogens with zero attached hydrogens (tertiary/aromatic N) is 1. The summed E-state index contributed by atoms with van der Waals surface area (Å²) in [5.41, 5.74) is 0.786. The van der Waals surface area contributed by atoms with Gasteiger partial charge < -0.3 is 10.6 Å². The van der Waals surface area contributed by atoms with E-state index in [9.17, 15) is 14.4 Å². The van der Waals surface area contributed by atoms with Gasteiger partial charge in [-0.05, 0) is 38.3 Å². The maximum absolute atomic E-state index is 12.5. The molecule has 0 radical (unpaired) electrons. The number of carbonyl (C=O) groups excluding carboxylic acids is 3. The van der Waals surface area contributed by atoms with E-state index < -0.39 is 17.5 Å². The molecule has 0 spiro atoms. The highest BCUT2D eigenvalue weighted by Crippen LogP contribution is 2.24. The van der Waals surface area contributed by atoms with Crippen molar-refractivity contribution in [3.63, 3.8) is 0 Å². The average molecular weight is 317 g/mol. The summed E-state index contributed by atoms with van der Waals surface area (Å²) in [5, 5.41) is 5.39. The fraction of sp³-hybridized carbons (Fsp3) is 0.471. The standard InChI is InChI=1S/C17H23N3O3/c1-11(2)9-17(4)15(22)20(16(23)19-17)10-14(21)18-13-7-5-12(3)6-8-13/h5-8,11H,9-10H2,1-4H3,(H,18,21)(H,19,23)/t17-/m1/s1. The van der Waals surface area contributed by atoms with Crippen molar-refractivity contribution >= 4 is 23.5 Å². The Kier molecular flexibility index (Phi) is 4.73. The predicted octanol–water partition coefficient (Wildman–Crippen LogP) is 2.29. The summed E-state index contributed by atoms with van der Waals surface area (Å²) in [6.07, 6.45) is 0.535. The van der Waals surface area contributed by atoms with Crippen LogP contribution in [-0.2, 0) is 9.59 Å². The van der Waals surface area contributed by atoms with Gasteiger partial charge in [0.15, 0.2) is 0 Å². The number of hydrogen-bond donors (Lipinski definition) is 2. The minimum atomic E-state index is -0.935. The molecule has 0 bridgehead atoms. The largest absolute Gasteiger partial charge is 0.325 e. The van der Waals surface area contributed by atoms with Gasteiger partial charge in [-0.3, -0.25) is 14.5 Å². The van der Waals surface area contributed by atoms with Crippen LogP contribution in [0.2, 0.25) is 0 Å². The predicted molar refractivity (Wildman–Crippen MR) is 87.9 cm³/mol. The van der Waals surface area contributed by atoms with Crippen LogP contribution in [-0.4, -0.2) is 34.8 Å². The number of amides is 4. The van der Waals surface area contributed by atoms with Crippen molar-refractivity contribution < 1.29 is 14.4 Å². The molecule has 23 heavy (non-hydrogen) atoms. The fourth-order valence-corrected chi connectivity index (χ4v) is 2.83. The fourth-order valence-electron chi connectivity index (χ4n) is 2.83. The molecule has 2 rings (SSSR count). The topological polar surface area (TPSA) is 78.5 Å². The lowest BCUT2D eigenvalue weighted by atomic mass is 9.91. The third kappa shape index (κ3) is 3.88. The van der Waals surface area contributed by atoms with Gasteiger partial charge in [0.2, 0.25) is 5.91 Å². The van der Waals surface area contributed by atoms with Crippen LogP contribution < -0.4 is 10.6 Å². The van der Waals surface area contributed by atoms with Gasteiger partial charge in [-0.15, -0.1) is 0 Å². The number of nitrogens with one attached hydrogen (secondary N) is 2. The van der Waals surface area contributed by atoms with E-state index in [1.165, 1.54) is 0 Å². The number of anilines is 1. The first kappa shape index (κ1) is 17.0. The number of hydrogen-bond acceptors (Lipinski definition) is 3. The molecule has 0 aliphatic carbocycles. The Morgan fingerprint density at radius 2 is 1.87 bits per heavy atom. The lowest BCUT2D eigenvalue weighted by molar-refractivity contribution is -0.133. The van der Waals surface area contributed by atoms with Crippen molar-refractivity contribution in [1.29, 1.82) is 0 Å². The zero-order valence-electron chi connectivity index (χ0n) is 14.0. The maximum Gasteiger partial charge on any atom is 0.325 e. The normalized spacial score (nSPS) is 20.8. The van der Waals surface area contributed by atoms with Gasteiger partial charge in [0.1, 0.15) is 12.1 Å². The molecule has 1 fully saturated rings. The number of carbonyl (C=O) groups is 3. The smallest absolute Gasteiger partial charge is 0.325 e. The number of imide groups is 1. The second kappa shape index (κ2) is 6.40. The Balaban J connectivity index is 2.02. The van der Waals surface area contributed by atoms with Crippen LogP contribution in [0, 0.1) is 12.8 Å². The maximum atomic E-state index is 12.5. The Labute approximate surface area is 136 Å². The Morgan fingerprint density at radius 1 is 1.26 bits per heavy atom. The minimum Gasteiger partial charge on any atom is -0.325 e. The summed E-state index contributed by atoms with van der Waals surface area (Å²) < 4.78 is 0. The van der Waals surface area contributed by atoms with Gasteiger partial charge in [0.05, 0.1) is 0 Å². The molecule has 6 nitrogen and oxygen atoms in total. The van der Waals surface area contributed by atoms with Crippen LogP contribution in [0.25, 0.3) is 0 Å². The van der Waals surface area contributed by atoms with Crippen LogP contribution in [0.5, 0.6) is 0 Å². The van der Waals surface area contributed by atoms with E-state index >= 15 is 0 Å². The lowest BCUT2D eigenvalue weighted by Crippen LogP contribution is -2.45. The SMILES string of the molecule is Cc1ccc(NC(=O)CN2C(=O)N[C@](C)(CC(C)C)C2=O)cc1. The van der Waals surface area contributed by atoms with E-state index in [0.717, 1.165) is 10.5 Å². The minimum absolute atomic E-state index is 0.255. The van der Waals surface area contributed by atoms with Gasteiger partial charge >= 0.3 is 6.03 Å². The summed E-state index contributed by atoms with van der Waals surface area (Å²) in [5.74, 6) is -0.494. The second-order valence-electron chi connectivity index (χ2n) is 6.67. The average Bonchev–Trinajstić information content (AvgIpc) is 2.64. The van der Waals surface area contributed by atoms with Crippen LogP contribution >= 0.6 is 0 Å². The molecule has 0 saturated carbocycles. The molecular weight excluding hydrogens is 294 g/mol. The van der Waals surface area contributed by atoms with Crippen molar-refractivity contribution in [2.75, 3.05) is 11.9 Å². The first-order chi connectivity index (χ1) is 10.7. The zero-order chi connectivity index (χ0) is 17.2. The van der Waals surface area contributed by atoms with Crippen LogP contribution in [0.1, 0.15) is 32.8 Å². The molecule has 0 aromatic heterocycles. The molecular formula is C17H23N3O3. The van der Waals surface area contributed by atoms with E-state index in [0.29, 0.717) is 12.1 Å². The molecule has 1 atom stereocenters. The molecule has 1 aliphatic rings. The van der Waals surface area contributed by atoms with Crippen LogP contribution in [0.15, 0.2) is 24.3 Å². The second-order valence-corrected chi connectivity index (χ2v) is 6.67. The highest BCUT2D eigenvalue weighted by atomic mass is 16.2. The van der Waals surface area contributed by atoms with E-state index in [1.54, 1.807) is 19.1 Å². The zero-order valence-corrected chi connectivity index (χ0v) is 14.0. The Morgan fingerprint density at radius 3 is 2.43 bits per heavy atom. The summed E-state index contributed by atoms with van der Waals surface area (Å²) in [7, 11) is 0. The van der Waals surface area contributed by atoms with Gasteiger partial charge in [-0.2, -0.15) is 0 Å². The van der Waals surface area contributed by atoms with E-state index in [-0.39, 0.29) is 18.4 Å². The molecule has 2 N–H and O–H groups in total. The molecule has 0 unspecified atom stereocenters. The summed E-state index contributed by atoms with van der Waals surface area (Å²) in [6.45, 7) is 7.33. The molecule has 1 heterocycles. The van der Waals surface area contributed by atoms with Crippen molar-refractivity contribution in [2.45, 2.75) is 39.7 Å². The molecule has 1 aromatic carbocycles. The number of benzene rings is 1. The van der Waals surface area contributed by atoms with Crippen molar-refractivity contribution in [2.24, 2.45) is 5.92 Å². The Bertz CT molecular complexity index is 624. The van der Waals surface area contributed by atoms with Crippen molar-refractivity contribution in [3.8, 4) is 0 Å². The van der Waals surface area contributed by atoms with E-state index in [1.807, 2.05) is 32.9 Å². The van der Waals surface area contributed by atoms with E-state index in [4.69, 9.17) is 0 Å². The van der Waals surface area contributed by atoms with Crippen LogP contribution in [0.3, 0.4) is 0 Å². The number of aryl methyl sites for hydroxylation is 1. The summed E-state index contributed by atoms with van der Waals surface area (Å²) >= 11 is 0. The first-order valence-electron chi connectivity index (χ1n) is 7.72. The third-order valence-electron chi connectivity index (χ3n) is 3.80. The van der Waals surface area contributed by atoms with Gasteiger partial charge in [0.25, 0.3) is 5.91 Å². The monoisotopic (exact) mass is 317 g/mol. The van der Waals surface area contributed by atoms with E-state index in [2.05, 4.69) is 10.6 Å². The number of rotatable bonds is 5.